The summed E-state index contributed by atoms with van der Waals surface area (Å²) >= 11 is 11.9. The summed E-state index contributed by atoms with van der Waals surface area (Å²) in [6.45, 7) is 9.49. The second-order valence-corrected chi connectivity index (χ2v) is 8.57. The number of carbonyl (C=O) groups excluding carboxylic acids is 1. The van der Waals surface area contributed by atoms with Crippen molar-refractivity contribution in [2.75, 3.05) is 16.8 Å². The maximum atomic E-state index is 12.6. The monoisotopic (exact) mass is 439 g/mol. The number of fused-ring (bicyclic) bond motifs is 1. The van der Waals surface area contributed by atoms with E-state index in [1.54, 1.807) is 24.3 Å². The third-order valence-corrected chi connectivity index (χ3v) is 5.91. The van der Waals surface area contributed by atoms with Crippen molar-refractivity contribution in [1.29, 1.82) is 5.26 Å². The zero-order valence-corrected chi connectivity index (χ0v) is 18.9. The Morgan fingerprint density at radius 3 is 2.57 bits per heavy atom. The van der Waals surface area contributed by atoms with Crippen LogP contribution in [0.15, 0.2) is 48.0 Å². The van der Waals surface area contributed by atoms with Gasteiger partial charge in [0.05, 0.1) is 15.6 Å². The molecular formula is C24H23Cl2N3O. The number of benzene rings is 2. The molecule has 1 aliphatic rings. The Morgan fingerprint density at radius 1 is 1.20 bits per heavy atom. The lowest BCUT2D eigenvalue weighted by Gasteiger charge is -2.42. The zero-order chi connectivity index (χ0) is 22.1. The number of carbonyl (C=O) groups is 1. The number of hydrogen-bond donors (Lipinski definition) is 1. The first kappa shape index (κ1) is 22.0. The van der Waals surface area contributed by atoms with Gasteiger partial charge in [-0.3, -0.25) is 4.79 Å². The van der Waals surface area contributed by atoms with Gasteiger partial charge in [-0.1, -0.05) is 35.3 Å². The van der Waals surface area contributed by atoms with Crippen molar-refractivity contribution in [3.63, 3.8) is 0 Å². The molecule has 2 aromatic carbocycles. The van der Waals surface area contributed by atoms with Gasteiger partial charge >= 0.3 is 0 Å². The normalized spacial score (nSPS) is 15.2. The molecule has 0 fully saturated rings. The van der Waals surface area contributed by atoms with E-state index >= 15 is 0 Å². The number of amides is 1. The van der Waals surface area contributed by atoms with Gasteiger partial charge in [-0.15, -0.1) is 0 Å². The second kappa shape index (κ2) is 8.55. The highest BCUT2D eigenvalue weighted by Gasteiger charge is 2.30. The van der Waals surface area contributed by atoms with Crippen LogP contribution in [0.3, 0.4) is 0 Å². The number of anilines is 2. The van der Waals surface area contributed by atoms with E-state index in [9.17, 15) is 10.1 Å². The third kappa shape index (κ3) is 4.38. The smallest absolute Gasteiger partial charge is 0.266 e. The quantitative estimate of drug-likeness (QED) is 0.433. The van der Waals surface area contributed by atoms with E-state index in [0.717, 1.165) is 23.4 Å². The van der Waals surface area contributed by atoms with E-state index in [2.05, 4.69) is 50.1 Å². The van der Waals surface area contributed by atoms with Gasteiger partial charge in [0.15, 0.2) is 0 Å². The minimum absolute atomic E-state index is 0.00569. The van der Waals surface area contributed by atoms with Gasteiger partial charge in [-0.05, 0) is 75.2 Å². The molecule has 154 valence electrons. The highest BCUT2D eigenvalue weighted by molar-refractivity contribution is 6.42. The first-order chi connectivity index (χ1) is 14.2. The summed E-state index contributed by atoms with van der Waals surface area (Å²) in [6, 6.07) is 12.8. The maximum absolute atomic E-state index is 12.6. The molecule has 4 nitrogen and oxygen atoms in total. The Morgan fingerprint density at radius 2 is 1.93 bits per heavy atom. The van der Waals surface area contributed by atoms with Crippen molar-refractivity contribution in [3.8, 4) is 6.07 Å². The van der Waals surface area contributed by atoms with Gasteiger partial charge in [-0.25, -0.2) is 0 Å². The van der Waals surface area contributed by atoms with Crippen LogP contribution in [-0.4, -0.2) is 18.0 Å². The minimum Gasteiger partial charge on any atom is -0.363 e. The molecule has 1 aliphatic heterocycles. The van der Waals surface area contributed by atoms with E-state index in [4.69, 9.17) is 23.2 Å². The molecule has 0 radical (unpaired) electrons. The topological polar surface area (TPSA) is 56.1 Å². The largest absolute Gasteiger partial charge is 0.363 e. The van der Waals surface area contributed by atoms with Crippen LogP contribution in [-0.2, 0) is 4.79 Å². The van der Waals surface area contributed by atoms with Crippen LogP contribution in [0.5, 0.6) is 0 Å². The summed E-state index contributed by atoms with van der Waals surface area (Å²) in [7, 11) is 0. The summed E-state index contributed by atoms with van der Waals surface area (Å²) in [5, 5.41) is 12.9. The fourth-order valence-corrected chi connectivity index (χ4v) is 4.15. The molecule has 0 saturated heterocycles. The number of allylic oxidation sites excluding steroid dienone is 1. The molecule has 0 aromatic heterocycles. The maximum Gasteiger partial charge on any atom is 0.266 e. The molecule has 3 rings (SSSR count). The second-order valence-electron chi connectivity index (χ2n) is 7.75. The Bertz CT molecular complexity index is 1110. The molecule has 0 aliphatic carbocycles. The summed E-state index contributed by atoms with van der Waals surface area (Å²) < 4.78 is 0. The average Bonchev–Trinajstić information content (AvgIpc) is 2.68. The molecule has 0 bridgehead atoms. The molecule has 30 heavy (non-hydrogen) atoms. The van der Waals surface area contributed by atoms with Crippen molar-refractivity contribution >= 4 is 52.1 Å². The van der Waals surface area contributed by atoms with Crippen molar-refractivity contribution in [2.45, 2.75) is 33.2 Å². The molecule has 6 heteroatoms. The van der Waals surface area contributed by atoms with E-state index in [1.807, 2.05) is 18.2 Å². The first-order valence-corrected chi connectivity index (χ1v) is 10.4. The van der Waals surface area contributed by atoms with Crippen molar-refractivity contribution in [3.05, 3.63) is 69.2 Å². The molecule has 0 atom stereocenters. The number of halogens is 2. The number of likely N-dealkylation sites (N-methyl/N-ethyl adjacent to an activating group) is 1. The first-order valence-electron chi connectivity index (χ1n) is 9.66. The lowest BCUT2D eigenvalue weighted by atomic mass is 9.88. The summed E-state index contributed by atoms with van der Waals surface area (Å²) in [4.78, 5) is 14.9. The summed E-state index contributed by atoms with van der Waals surface area (Å²) in [6.07, 6.45) is 3.84. The van der Waals surface area contributed by atoms with Crippen molar-refractivity contribution in [2.24, 2.45) is 0 Å². The Hall–Kier alpha value is -2.74. The van der Waals surface area contributed by atoms with E-state index in [-0.39, 0.29) is 11.1 Å². The van der Waals surface area contributed by atoms with Crippen LogP contribution in [0.2, 0.25) is 10.0 Å². The molecule has 2 aromatic rings. The number of nitrogens with one attached hydrogen (secondary N) is 1. The van der Waals surface area contributed by atoms with E-state index < -0.39 is 5.91 Å². The van der Waals surface area contributed by atoms with Gasteiger partial charge in [0.1, 0.15) is 11.6 Å². The Labute approximate surface area is 187 Å². The van der Waals surface area contributed by atoms with Crippen LogP contribution in [0.4, 0.5) is 11.4 Å². The Balaban J connectivity index is 1.91. The SMILES string of the molecule is CCN1c2ccc(/C=C(/C#N)C(=O)Nc3ccc(Cl)c(Cl)c3)cc2C(C)=CC1(C)C. The highest BCUT2D eigenvalue weighted by Crippen LogP contribution is 2.39. The lowest BCUT2D eigenvalue weighted by molar-refractivity contribution is -0.112. The molecule has 1 amide bonds. The zero-order valence-electron chi connectivity index (χ0n) is 17.4. The molecule has 1 heterocycles. The molecular weight excluding hydrogens is 417 g/mol. The van der Waals surface area contributed by atoms with Gasteiger partial charge < -0.3 is 10.2 Å². The lowest BCUT2D eigenvalue weighted by Crippen LogP contribution is -2.44. The fraction of sp³-hybridized carbons (Fsp3) is 0.250. The molecule has 0 spiro atoms. The standard InChI is InChI=1S/C24H23Cl2N3O/c1-5-29-22-9-6-16(11-19(22)15(2)13-24(29,3)4)10-17(14-27)23(30)28-18-7-8-20(25)21(26)12-18/h6-13H,5H2,1-4H3,(H,28,30)/b17-10-. The van der Waals surface area contributed by atoms with E-state index in [0.29, 0.717) is 15.7 Å². The van der Waals surface area contributed by atoms with Gasteiger partial charge in [0.2, 0.25) is 0 Å². The predicted molar refractivity (Wildman–Crippen MR) is 126 cm³/mol. The molecule has 1 N–H and O–H groups in total. The number of hydrogen-bond acceptors (Lipinski definition) is 3. The van der Waals surface area contributed by atoms with Gasteiger partial charge in [0, 0.05) is 23.5 Å². The van der Waals surface area contributed by atoms with Gasteiger partial charge in [0.25, 0.3) is 5.91 Å². The summed E-state index contributed by atoms with van der Waals surface area (Å²) in [5.74, 6) is -0.503. The van der Waals surface area contributed by atoms with Crippen molar-refractivity contribution < 1.29 is 4.79 Å². The van der Waals surface area contributed by atoms with E-state index in [1.165, 1.54) is 5.57 Å². The third-order valence-electron chi connectivity index (χ3n) is 5.17. The molecule has 0 unspecified atom stereocenters. The number of nitrogens with zero attached hydrogens (tertiary/aromatic N) is 2. The van der Waals surface area contributed by atoms with Crippen LogP contribution in [0.1, 0.15) is 38.8 Å². The number of rotatable bonds is 4. The van der Waals surface area contributed by atoms with Crippen LogP contribution >= 0.6 is 23.2 Å². The summed E-state index contributed by atoms with van der Waals surface area (Å²) in [5.41, 5.74) is 4.63. The highest BCUT2D eigenvalue weighted by atomic mass is 35.5. The number of nitriles is 1. The average molecular weight is 440 g/mol. The van der Waals surface area contributed by atoms with Crippen LogP contribution in [0.25, 0.3) is 11.6 Å². The fourth-order valence-electron chi connectivity index (χ4n) is 3.86. The minimum atomic E-state index is -0.503. The van der Waals surface area contributed by atoms with Crippen molar-refractivity contribution in [1.82, 2.24) is 0 Å². The Kier molecular flexibility index (Phi) is 6.26. The predicted octanol–water partition coefficient (Wildman–Crippen LogP) is 6.56. The van der Waals surface area contributed by atoms with Crippen LogP contribution < -0.4 is 10.2 Å². The van der Waals surface area contributed by atoms with Crippen LogP contribution in [0, 0.1) is 11.3 Å². The molecule has 0 saturated carbocycles. The van der Waals surface area contributed by atoms with Gasteiger partial charge in [-0.2, -0.15) is 5.26 Å².